The minimum absolute atomic E-state index is 0.0713. The van der Waals surface area contributed by atoms with Crippen LogP contribution in [0.1, 0.15) is 48.1 Å². The zero-order valence-electron chi connectivity index (χ0n) is 20.6. The first-order chi connectivity index (χ1) is 19.0. The van der Waals surface area contributed by atoms with Crippen LogP contribution in [0, 0.1) is 17.0 Å². The van der Waals surface area contributed by atoms with Crippen LogP contribution < -0.4 is 4.90 Å². The molecule has 7 rings (SSSR count). The summed E-state index contributed by atoms with van der Waals surface area (Å²) in [6, 6.07) is 23.3. The highest BCUT2D eigenvalue weighted by molar-refractivity contribution is 6.32. The molecule has 1 aliphatic carbocycles. The second-order valence-corrected chi connectivity index (χ2v) is 10.1. The summed E-state index contributed by atoms with van der Waals surface area (Å²) in [5.74, 6) is -4.12. The van der Waals surface area contributed by atoms with Crippen molar-refractivity contribution in [2.45, 2.75) is 18.0 Å². The Morgan fingerprint density at radius 1 is 0.718 bits per heavy atom. The lowest BCUT2D eigenvalue weighted by Gasteiger charge is -2.37. The van der Waals surface area contributed by atoms with Gasteiger partial charge in [-0.1, -0.05) is 84.9 Å². The fourth-order valence-corrected chi connectivity index (χ4v) is 6.81. The number of hydrogen-bond acceptors (Lipinski definition) is 4. The predicted molar refractivity (Wildman–Crippen MR) is 143 cm³/mol. The molecule has 4 aromatic carbocycles. The lowest BCUT2D eigenvalue weighted by atomic mass is 9.64. The molecule has 0 unspecified atom stereocenters. The number of Topliss-reactive ketones (excluding diaryl/α,β-unsaturated/α-hetero) is 3. The van der Waals surface area contributed by atoms with E-state index in [1.807, 2.05) is 24.3 Å². The van der Waals surface area contributed by atoms with E-state index < -0.39 is 52.4 Å². The van der Waals surface area contributed by atoms with E-state index in [9.17, 15) is 14.4 Å². The van der Waals surface area contributed by atoms with E-state index in [1.54, 1.807) is 53.4 Å². The molecule has 1 saturated heterocycles. The van der Waals surface area contributed by atoms with Gasteiger partial charge in [0.25, 0.3) is 0 Å². The Labute approximate surface area is 223 Å². The summed E-state index contributed by atoms with van der Waals surface area (Å²) >= 11 is 0. The summed E-state index contributed by atoms with van der Waals surface area (Å²) < 4.78 is 30.8. The summed E-state index contributed by atoms with van der Waals surface area (Å²) in [6.45, 7) is 0. The van der Waals surface area contributed by atoms with Crippen LogP contribution in [-0.2, 0) is 0 Å². The van der Waals surface area contributed by atoms with Gasteiger partial charge in [-0.25, -0.2) is 8.78 Å². The van der Waals surface area contributed by atoms with Gasteiger partial charge in [-0.15, -0.1) is 0 Å². The number of carbonyl (C=O) groups excluding carboxylic acids is 3. The third kappa shape index (κ3) is 3.00. The molecule has 0 saturated carbocycles. The van der Waals surface area contributed by atoms with Crippen LogP contribution in [0.4, 0.5) is 14.5 Å². The van der Waals surface area contributed by atoms with E-state index in [1.165, 1.54) is 36.4 Å². The molecule has 2 heterocycles. The molecule has 3 atom stereocenters. The number of ketones is 3. The molecule has 2 aliphatic heterocycles. The Morgan fingerprint density at radius 2 is 1.31 bits per heavy atom. The highest BCUT2D eigenvalue weighted by Crippen LogP contribution is 2.61. The second-order valence-electron chi connectivity index (χ2n) is 10.1. The molecule has 3 aliphatic rings. The number of anilines is 1. The van der Waals surface area contributed by atoms with Crippen LogP contribution in [0.15, 0.2) is 103 Å². The van der Waals surface area contributed by atoms with Crippen molar-refractivity contribution in [2.24, 2.45) is 5.41 Å². The van der Waals surface area contributed by atoms with Gasteiger partial charge >= 0.3 is 0 Å². The highest BCUT2D eigenvalue weighted by Gasteiger charge is 2.72. The van der Waals surface area contributed by atoms with E-state index in [-0.39, 0.29) is 22.3 Å². The Hall–Kier alpha value is -4.71. The van der Waals surface area contributed by atoms with Gasteiger partial charge in [0.05, 0.1) is 11.6 Å². The number of para-hydroxylation sites is 1. The third-order valence-corrected chi connectivity index (χ3v) is 8.36. The van der Waals surface area contributed by atoms with Crippen LogP contribution in [0.2, 0.25) is 0 Å². The largest absolute Gasteiger partial charge is 0.352 e. The van der Waals surface area contributed by atoms with Crippen molar-refractivity contribution < 1.29 is 23.2 Å². The van der Waals surface area contributed by atoms with Gasteiger partial charge in [-0.3, -0.25) is 14.4 Å². The number of rotatable bonds is 3. The Morgan fingerprint density at radius 3 is 2.00 bits per heavy atom. The van der Waals surface area contributed by atoms with Gasteiger partial charge in [0.1, 0.15) is 23.1 Å². The maximum Gasteiger partial charge on any atom is 0.188 e. The van der Waals surface area contributed by atoms with Gasteiger partial charge in [-0.2, -0.15) is 0 Å². The van der Waals surface area contributed by atoms with Crippen LogP contribution in [-0.4, -0.2) is 29.4 Å². The average molecular weight is 518 g/mol. The van der Waals surface area contributed by atoms with Crippen molar-refractivity contribution in [3.63, 3.8) is 0 Å². The minimum Gasteiger partial charge on any atom is -0.352 e. The number of carbonyl (C=O) groups is 3. The maximum absolute atomic E-state index is 15.7. The number of benzene rings is 4. The van der Waals surface area contributed by atoms with Crippen molar-refractivity contribution in [3.05, 3.63) is 143 Å². The lowest BCUT2D eigenvalue weighted by molar-refractivity contribution is 0.0664. The molecule has 0 aromatic heterocycles. The second kappa shape index (κ2) is 8.40. The van der Waals surface area contributed by atoms with Crippen LogP contribution in [0.25, 0.3) is 6.08 Å². The molecule has 0 N–H and O–H groups in total. The van der Waals surface area contributed by atoms with Crippen LogP contribution >= 0.6 is 0 Å². The summed E-state index contributed by atoms with van der Waals surface area (Å²) in [5.41, 5.74) is -0.0509. The first-order valence-electron chi connectivity index (χ1n) is 12.7. The van der Waals surface area contributed by atoms with E-state index in [0.29, 0.717) is 5.69 Å². The van der Waals surface area contributed by atoms with Crippen molar-refractivity contribution in [1.29, 1.82) is 0 Å². The maximum atomic E-state index is 15.7. The zero-order valence-corrected chi connectivity index (χ0v) is 20.6. The molecule has 190 valence electrons. The predicted octanol–water partition coefficient (Wildman–Crippen LogP) is 6.28. The summed E-state index contributed by atoms with van der Waals surface area (Å²) in [6.07, 6.45) is 3.59. The molecule has 1 spiro atoms. The van der Waals surface area contributed by atoms with Crippen molar-refractivity contribution in [3.8, 4) is 0 Å². The fraction of sp³-hybridized carbons (Fsp3) is 0.121. The fourth-order valence-electron chi connectivity index (χ4n) is 6.81. The zero-order chi connectivity index (χ0) is 26.9. The van der Waals surface area contributed by atoms with Gasteiger partial charge < -0.3 is 4.90 Å². The standard InChI is InChI=1S/C33H21F2NO3/c34-24-14-6-4-12-22(24)28-29(30(37)23-13-5-7-15-25(23)35)36-26-16-8-1-9-19(26)17-18-27(36)33(28)31(38)20-10-2-3-11-21(20)32(33)39/h1-18,27-29H/t27-,28+,29+/m1/s1. The first kappa shape index (κ1) is 23.4. The van der Waals surface area contributed by atoms with Gasteiger partial charge in [0, 0.05) is 22.7 Å². The molecule has 39 heavy (non-hydrogen) atoms. The topological polar surface area (TPSA) is 54.5 Å². The molecule has 0 bridgehead atoms. The lowest BCUT2D eigenvalue weighted by Crippen LogP contribution is -2.48. The third-order valence-electron chi connectivity index (χ3n) is 8.36. The molecule has 4 nitrogen and oxygen atoms in total. The van der Waals surface area contributed by atoms with E-state index in [2.05, 4.69) is 0 Å². The minimum atomic E-state index is -1.83. The van der Waals surface area contributed by atoms with E-state index in [4.69, 9.17) is 0 Å². The number of nitrogens with zero attached hydrogens (tertiary/aromatic N) is 1. The number of fused-ring (bicyclic) bond motifs is 5. The first-order valence-corrected chi connectivity index (χ1v) is 12.7. The molecule has 4 aromatic rings. The van der Waals surface area contributed by atoms with Crippen molar-refractivity contribution in [2.75, 3.05) is 4.90 Å². The van der Waals surface area contributed by atoms with Gasteiger partial charge in [-0.05, 0) is 35.4 Å². The summed E-state index contributed by atoms with van der Waals surface area (Å²) in [5, 5.41) is 0. The molecular weight excluding hydrogens is 496 g/mol. The van der Waals surface area contributed by atoms with Gasteiger partial charge in [0.2, 0.25) is 0 Å². The Kier molecular flexibility index (Phi) is 5.04. The molecular formula is C33H21F2NO3. The SMILES string of the molecule is O=C(c1ccccc1F)[C@@H]1[C@H](c2ccccc2F)C2(C(=O)c3ccccc3C2=O)[C@H]2C=Cc3ccccc3N12. The molecule has 0 amide bonds. The van der Waals surface area contributed by atoms with Crippen molar-refractivity contribution in [1.82, 2.24) is 0 Å². The highest BCUT2D eigenvalue weighted by atomic mass is 19.1. The van der Waals surface area contributed by atoms with Crippen molar-refractivity contribution >= 4 is 29.1 Å². The van der Waals surface area contributed by atoms with Crippen LogP contribution in [0.3, 0.4) is 0 Å². The Balaban J connectivity index is 1.58. The summed E-state index contributed by atoms with van der Waals surface area (Å²) in [4.78, 5) is 45.1. The molecule has 0 radical (unpaired) electrons. The monoisotopic (exact) mass is 517 g/mol. The quantitative estimate of drug-likeness (QED) is 0.237. The summed E-state index contributed by atoms with van der Waals surface area (Å²) in [7, 11) is 0. The average Bonchev–Trinajstić information content (AvgIpc) is 3.39. The van der Waals surface area contributed by atoms with E-state index >= 15 is 8.78 Å². The van der Waals surface area contributed by atoms with Crippen LogP contribution in [0.5, 0.6) is 0 Å². The smallest absolute Gasteiger partial charge is 0.188 e. The number of hydrogen-bond donors (Lipinski definition) is 0. The van der Waals surface area contributed by atoms with Gasteiger partial charge in [0.15, 0.2) is 17.3 Å². The Bertz CT molecular complexity index is 1710. The van der Waals surface area contributed by atoms with E-state index in [0.717, 1.165) is 5.56 Å². The normalized spacial score (nSPS) is 22.1. The molecule has 1 fully saturated rings. The number of halogens is 2. The molecule has 6 heteroatoms.